The molecule has 7 nitrogen and oxygen atoms in total. The maximum atomic E-state index is 12.5. The molecule has 1 aliphatic carbocycles. The second-order valence-corrected chi connectivity index (χ2v) is 7.76. The zero-order valence-corrected chi connectivity index (χ0v) is 16.5. The van der Waals surface area contributed by atoms with Crippen LogP contribution in [0.5, 0.6) is 0 Å². The van der Waals surface area contributed by atoms with Gasteiger partial charge >= 0.3 is 0 Å². The van der Waals surface area contributed by atoms with E-state index in [1.807, 2.05) is 37.4 Å². The molecule has 1 aromatic carbocycles. The van der Waals surface area contributed by atoms with Gasteiger partial charge in [-0.25, -0.2) is 9.97 Å². The summed E-state index contributed by atoms with van der Waals surface area (Å²) in [6.07, 6.45) is 5.32. The summed E-state index contributed by atoms with van der Waals surface area (Å²) in [5.74, 6) is 1.26. The Morgan fingerprint density at radius 2 is 1.86 bits per heavy atom. The Kier molecular flexibility index (Phi) is 4.50. The number of amides is 1. The number of hydrogen-bond acceptors (Lipinski definition) is 5. The van der Waals surface area contributed by atoms with E-state index in [4.69, 9.17) is 4.98 Å². The van der Waals surface area contributed by atoms with Gasteiger partial charge in [0.1, 0.15) is 11.5 Å². The van der Waals surface area contributed by atoms with Gasteiger partial charge in [0.25, 0.3) is 5.91 Å². The first-order valence-electron chi connectivity index (χ1n) is 10.2. The third kappa shape index (κ3) is 3.26. The summed E-state index contributed by atoms with van der Waals surface area (Å²) < 4.78 is 0. The molecule has 1 aliphatic heterocycles. The lowest BCUT2D eigenvalue weighted by molar-refractivity contribution is 0.0940. The maximum Gasteiger partial charge on any atom is 0.270 e. The zero-order valence-electron chi connectivity index (χ0n) is 16.5. The smallest absolute Gasteiger partial charge is 0.270 e. The molecule has 29 heavy (non-hydrogen) atoms. The molecule has 3 heterocycles. The van der Waals surface area contributed by atoms with E-state index in [-0.39, 0.29) is 5.91 Å². The molecule has 0 fully saturated rings. The van der Waals surface area contributed by atoms with E-state index >= 15 is 0 Å². The van der Waals surface area contributed by atoms with Crippen molar-refractivity contribution in [1.82, 2.24) is 25.5 Å². The molecule has 2 aliphatic rings. The SMILES string of the molecule is CN(Cc1n[nH]c2c1CCCC2)c1nc(-c2ccccc2)nc2c1CCNC2=O. The molecule has 3 aromatic rings. The van der Waals surface area contributed by atoms with E-state index in [1.54, 1.807) is 0 Å². The summed E-state index contributed by atoms with van der Waals surface area (Å²) in [4.78, 5) is 24.1. The number of nitrogens with one attached hydrogen (secondary N) is 2. The molecule has 1 amide bonds. The number of carbonyl (C=O) groups excluding carboxylic acids is 1. The second kappa shape index (κ2) is 7.31. The van der Waals surface area contributed by atoms with E-state index in [2.05, 4.69) is 25.4 Å². The number of rotatable bonds is 4. The normalized spacial score (nSPS) is 15.4. The standard InChI is InChI=1S/C22H24N6O/c1-28(13-18-15-9-5-6-10-17(15)26-27-18)21-16-11-12-23-22(29)19(16)24-20(25-21)14-7-3-2-4-8-14/h2-4,7-8H,5-6,9-13H2,1H3,(H,23,29)(H,26,27). The highest BCUT2D eigenvalue weighted by atomic mass is 16.1. The largest absolute Gasteiger partial charge is 0.353 e. The topological polar surface area (TPSA) is 86.8 Å². The molecular weight excluding hydrogens is 364 g/mol. The molecule has 0 saturated carbocycles. The van der Waals surface area contributed by atoms with Crippen LogP contribution < -0.4 is 10.2 Å². The van der Waals surface area contributed by atoms with Gasteiger partial charge in [0, 0.05) is 30.4 Å². The van der Waals surface area contributed by atoms with Gasteiger partial charge in [-0.1, -0.05) is 30.3 Å². The monoisotopic (exact) mass is 388 g/mol. The van der Waals surface area contributed by atoms with Crippen LogP contribution in [0.15, 0.2) is 30.3 Å². The number of aromatic amines is 1. The van der Waals surface area contributed by atoms with Crippen LogP contribution in [0.3, 0.4) is 0 Å². The predicted octanol–water partition coefficient (Wildman–Crippen LogP) is 2.67. The Hall–Kier alpha value is -3.22. The number of nitrogens with zero attached hydrogens (tertiary/aromatic N) is 4. The number of H-pyrrole nitrogens is 1. The van der Waals surface area contributed by atoms with Crippen LogP contribution >= 0.6 is 0 Å². The highest BCUT2D eigenvalue weighted by molar-refractivity contribution is 5.96. The third-order valence-corrected chi connectivity index (χ3v) is 5.78. The maximum absolute atomic E-state index is 12.5. The van der Waals surface area contributed by atoms with E-state index in [9.17, 15) is 4.79 Å². The van der Waals surface area contributed by atoms with Crippen molar-refractivity contribution in [2.24, 2.45) is 0 Å². The van der Waals surface area contributed by atoms with Crippen LogP contribution in [0, 0.1) is 0 Å². The Morgan fingerprint density at radius 3 is 2.72 bits per heavy atom. The summed E-state index contributed by atoms with van der Waals surface area (Å²) in [5.41, 5.74) is 6.01. The van der Waals surface area contributed by atoms with Crippen molar-refractivity contribution < 1.29 is 4.79 Å². The average molecular weight is 388 g/mol. The van der Waals surface area contributed by atoms with E-state index in [1.165, 1.54) is 24.1 Å². The van der Waals surface area contributed by atoms with Crippen molar-refractivity contribution in [3.05, 3.63) is 58.5 Å². The van der Waals surface area contributed by atoms with Crippen molar-refractivity contribution in [2.75, 3.05) is 18.5 Å². The zero-order chi connectivity index (χ0) is 19.8. The fourth-order valence-electron chi connectivity index (χ4n) is 4.29. The predicted molar refractivity (Wildman–Crippen MR) is 111 cm³/mol. The van der Waals surface area contributed by atoms with Crippen molar-refractivity contribution in [3.63, 3.8) is 0 Å². The minimum absolute atomic E-state index is 0.127. The van der Waals surface area contributed by atoms with Crippen molar-refractivity contribution >= 4 is 11.7 Å². The van der Waals surface area contributed by atoms with Crippen molar-refractivity contribution in [1.29, 1.82) is 0 Å². The minimum Gasteiger partial charge on any atom is -0.353 e. The number of aryl methyl sites for hydroxylation is 1. The van der Waals surface area contributed by atoms with Gasteiger partial charge in [0.2, 0.25) is 0 Å². The lowest BCUT2D eigenvalue weighted by Gasteiger charge is -2.25. The second-order valence-electron chi connectivity index (χ2n) is 7.76. The van der Waals surface area contributed by atoms with Crippen LogP contribution in [0.25, 0.3) is 11.4 Å². The molecule has 0 saturated heterocycles. The number of anilines is 1. The number of hydrogen-bond donors (Lipinski definition) is 2. The van der Waals surface area contributed by atoms with Gasteiger partial charge in [0.05, 0.1) is 12.2 Å². The van der Waals surface area contributed by atoms with Crippen LogP contribution in [-0.4, -0.2) is 39.7 Å². The molecular formula is C22H24N6O. The number of fused-ring (bicyclic) bond motifs is 2. The molecule has 0 unspecified atom stereocenters. The van der Waals surface area contributed by atoms with Crippen molar-refractivity contribution in [2.45, 2.75) is 38.6 Å². The summed E-state index contributed by atoms with van der Waals surface area (Å²) >= 11 is 0. The Bertz CT molecular complexity index is 1060. The van der Waals surface area contributed by atoms with Crippen molar-refractivity contribution in [3.8, 4) is 11.4 Å². The Balaban J connectivity index is 1.55. The van der Waals surface area contributed by atoms with Gasteiger partial charge in [-0.05, 0) is 37.7 Å². The summed E-state index contributed by atoms with van der Waals surface area (Å²) in [7, 11) is 2.02. The lowest BCUT2D eigenvalue weighted by atomic mass is 9.96. The molecule has 2 N–H and O–H groups in total. The number of carbonyl (C=O) groups is 1. The fourth-order valence-corrected chi connectivity index (χ4v) is 4.29. The molecule has 0 radical (unpaired) electrons. The van der Waals surface area contributed by atoms with Crippen LogP contribution in [-0.2, 0) is 25.8 Å². The van der Waals surface area contributed by atoms with E-state index < -0.39 is 0 Å². The van der Waals surface area contributed by atoms with Crippen LogP contribution in [0.1, 0.15) is 45.8 Å². The number of aromatic nitrogens is 4. The van der Waals surface area contributed by atoms with Crippen LogP contribution in [0.4, 0.5) is 5.82 Å². The van der Waals surface area contributed by atoms with Gasteiger partial charge in [-0.2, -0.15) is 5.10 Å². The van der Waals surface area contributed by atoms with Gasteiger partial charge in [0.15, 0.2) is 5.82 Å². The Labute approximate surface area is 169 Å². The molecule has 148 valence electrons. The summed E-state index contributed by atoms with van der Waals surface area (Å²) in [6.45, 7) is 1.27. The van der Waals surface area contributed by atoms with E-state index in [0.717, 1.165) is 41.9 Å². The van der Waals surface area contributed by atoms with Crippen LogP contribution in [0.2, 0.25) is 0 Å². The first kappa shape index (κ1) is 17.8. The highest BCUT2D eigenvalue weighted by Crippen LogP contribution is 2.29. The molecule has 0 bridgehead atoms. The summed E-state index contributed by atoms with van der Waals surface area (Å²) in [5, 5.41) is 10.7. The quantitative estimate of drug-likeness (QED) is 0.718. The average Bonchev–Trinajstić information content (AvgIpc) is 3.17. The van der Waals surface area contributed by atoms with Gasteiger partial charge < -0.3 is 10.2 Å². The Morgan fingerprint density at radius 1 is 1.03 bits per heavy atom. The fraction of sp³-hybridized carbons (Fsp3) is 0.364. The number of benzene rings is 1. The van der Waals surface area contributed by atoms with Gasteiger partial charge in [-0.15, -0.1) is 0 Å². The molecule has 0 spiro atoms. The molecule has 0 atom stereocenters. The molecule has 2 aromatic heterocycles. The highest BCUT2D eigenvalue weighted by Gasteiger charge is 2.27. The van der Waals surface area contributed by atoms with E-state index in [0.29, 0.717) is 24.6 Å². The van der Waals surface area contributed by atoms with Gasteiger partial charge in [-0.3, -0.25) is 9.89 Å². The first-order valence-corrected chi connectivity index (χ1v) is 10.2. The minimum atomic E-state index is -0.127. The first-order chi connectivity index (χ1) is 14.2. The third-order valence-electron chi connectivity index (χ3n) is 5.78. The molecule has 7 heteroatoms. The summed E-state index contributed by atoms with van der Waals surface area (Å²) in [6, 6.07) is 9.81. The molecule has 5 rings (SSSR count). The lowest BCUT2D eigenvalue weighted by Crippen LogP contribution is -2.35.